The van der Waals surface area contributed by atoms with Crippen LogP contribution in [0.15, 0.2) is 0 Å². The second-order valence-corrected chi connectivity index (χ2v) is 5.08. The molecule has 1 amide bonds. The highest BCUT2D eigenvalue weighted by atomic mass is 32.1. The minimum absolute atomic E-state index is 0.0784. The molecule has 0 aliphatic rings. The third-order valence-corrected chi connectivity index (χ3v) is 4.04. The summed E-state index contributed by atoms with van der Waals surface area (Å²) < 4.78 is 5.01. The standard InChI is InChI=1S/C12H22N4O2S/c1-5-15(3)12-14-10(13)9(19-12)11(17)16(6-2)7-8-18-4/h5-8,13H2,1-4H3. The van der Waals surface area contributed by atoms with E-state index in [1.165, 1.54) is 11.3 Å². The first-order valence-corrected chi connectivity index (χ1v) is 7.12. The summed E-state index contributed by atoms with van der Waals surface area (Å²) in [5, 5.41) is 0.770. The molecule has 0 bridgehead atoms. The third-order valence-electron chi connectivity index (χ3n) is 2.87. The zero-order valence-electron chi connectivity index (χ0n) is 12.0. The molecule has 7 heteroatoms. The van der Waals surface area contributed by atoms with Crippen molar-refractivity contribution in [3.05, 3.63) is 4.88 Å². The lowest BCUT2D eigenvalue weighted by atomic mass is 10.4. The first-order chi connectivity index (χ1) is 9.04. The maximum atomic E-state index is 12.4. The van der Waals surface area contributed by atoms with Crippen LogP contribution >= 0.6 is 11.3 Å². The SMILES string of the molecule is CCN(CCOC)C(=O)c1sc(N(C)CC)nc1N. The van der Waals surface area contributed by atoms with Gasteiger partial charge >= 0.3 is 0 Å². The summed E-state index contributed by atoms with van der Waals surface area (Å²) in [6.45, 7) is 6.47. The van der Waals surface area contributed by atoms with E-state index in [4.69, 9.17) is 10.5 Å². The van der Waals surface area contributed by atoms with Crippen LogP contribution < -0.4 is 10.6 Å². The van der Waals surface area contributed by atoms with E-state index in [0.29, 0.717) is 30.4 Å². The minimum atomic E-state index is -0.0784. The number of rotatable bonds is 7. The van der Waals surface area contributed by atoms with Crippen LogP contribution in [0, 0.1) is 0 Å². The van der Waals surface area contributed by atoms with Crippen molar-refractivity contribution in [2.75, 3.05) is 51.0 Å². The predicted octanol–water partition coefficient (Wildman–Crippen LogP) is 1.29. The lowest BCUT2D eigenvalue weighted by Gasteiger charge is -2.19. The molecule has 0 saturated carbocycles. The fourth-order valence-electron chi connectivity index (χ4n) is 1.52. The predicted molar refractivity (Wildman–Crippen MR) is 78.9 cm³/mol. The Labute approximate surface area is 118 Å². The molecule has 0 saturated heterocycles. The topological polar surface area (TPSA) is 71.7 Å². The number of nitrogens with two attached hydrogens (primary N) is 1. The van der Waals surface area contributed by atoms with Crippen LogP contribution in [0.2, 0.25) is 0 Å². The van der Waals surface area contributed by atoms with Gasteiger partial charge in [0.2, 0.25) is 0 Å². The zero-order valence-corrected chi connectivity index (χ0v) is 12.8. The molecule has 1 heterocycles. The molecule has 0 unspecified atom stereocenters. The van der Waals surface area contributed by atoms with Crippen LogP contribution in [-0.2, 0) is 4.74 Å². The molecule has 0 aromatic carbocycles. The van der Waals surface area contributed by atoms with Crippen molar-refractivity contribution in [2.24, 2.45) is 0 Å². The van der Waals surface area contributed by atoms with E-state index >= 15 is 0 Å². The molecule has 0 fully saturated rings. The van der Waals surface area contributed by atoms with Crippen LogP contribution in [0.5, 0.6) is 0 Å². The molecule has 0 spiro atoms. The Bertz CT molecular complexity index is 422. The summed E-state index contributed by atoms with van der Waals surface area (Å²) >= 11 is 1.34. The van der Waals surface area contributed by atoms with E-state index < -0.39 is 0 Å². The van der Waals surface area contributed by atoms with Crippen LogP contribution in [0.4, 0.5) is 10.9 Å². The number of hydrogen-bond donors (Lipinski definition) is 1. The first-order valence-electron chi connectivity index (χ1n) is 6.30. The van der Waals surface area contributed by atoms with Crippen LogP contribution in [-0.4, -0.2) is 56.2 Å². The first kappa shape index (κ1) is 15.7. The van der Waals surface area contributed by atoms with E-state index in [1.54, 1.807) is 12.0 Å². The fourth-order valence-corrected chi connectivity index (χ4v) is 2.50. The number of carbonyl (C=O) groups excluding carboxylic acids is 1. The van der Waals surface area contributed by atoms with Crippen molar-refractivity contribution < 1.29 is 9.53 Å². The highest BCUT2D eigenvalue weighted by Crippen LogP contribution is 2.28. The van der Waals surface area contributed by atoms with Gasteiger partial charge in [-0.1, -0.05) is 11.3 Å². The van der Waals surface area contributed by atoms with E-state index in [0.717, 1.165) is 11.7 Å². The maximum absolute atomic E-state index is 12.4. The van der Waals surface area contributed by atoms with Gasteiger partial charge in [0.15, 0.2) is 5.13 Å². The number of aromatic nitrogens is 1. The summed E-state index contributed by atoms with van der Waals surface area (Å²) in [4.78, 5) is 20.8. The van der Waals surface area contributed by atoms with Gasteiger partial charge in [-0.05, 0) is 13.8 Å². The summed E-state index contributed by atoms with van der Waals surface area (Å²) in [5.41, 5.74) is 5.85. The van der Waals surface area contributed by atoms with Gasteiger partial charge in [-0.25, -0.2) is 4.98 Å². The van der Waals surface area contributed by atoms with Gasteiger partial charge in [0.25, 0.3) is 5.91 Å². The summed E-state index contributed by atoms with van der Waals surface area (Å²) in [5.74, 6) is 0.228. The van der Waals surface area contributed by atoms with Crippen molar-refractivity contribution in [2.45, 2.75) is 13.8 Å². The van der Waals surface area contributed by atoms with Gasteiger partial charge in [-0.15, -0.1) is 0 Å². The normalized spacial score (nSPS) is 10.5. The number of nitrogen functional groups attached to an aromatic ring is 1. The average molecular weight is 286 g/mol. The second kappa shape index (κ2) is 7.30. The molecule has 0 aliphatic heterocycles. The number of thiazole rings is 1. The highest BCUT2D eigenvalue weighted by molar-refractivity contribution is 7.18. The Balaban J connectivity index is 2.88. The summed E-state index contributed by atoms with van der Waals surface area (Å²) in [6, 6.07) is 0. The molecule has 1 aromatic rings. The van der Waals surface area contributed by atoms with Gasteiger partial charge in [-0.3, -0.25) is 4.79 Å². The van der Waals surface area contributed by atoms with Crippen LogP contribution in [0.1, 0.15) is 23.5 Å². The molecule has 6 nitrogen and oxygen atoms in total. The molecular weight excluding hydrogens is 264 g/mol. The number of ether oxygens (including phenoxy) is 1. The van der Waals surface area contributed by atoms with Crippen molar-refractivity contribution in [1.29, 1.82) is 0 Å². The van der Waals surface area contributed by atoms with Gasteiger partial charge in [0, 0.05) is 33.8 Å². The Morgan fingerprint density at radius 1 is 1.42 bits per heavy atom. The van der Waals surface area contributed by atoms with Gasteiger partial charge < -0.3 is 20.3 Å². The van der Waals surface area contributed by atoms with Crippen molar-refractivity contribution in [1.82, 2.24) is 9.88 Å². The largest absolute Gasteiger partial charge is 0.383 e. The number of methoxy groups -OCH3 is 1. The molecule has 1 aromatic heterocycles. The minimum Gasteiger partial charge on any atom is -0.383 e. The lowest BCUT2D eigenvalue weighted by molar-refractivity contribution is 0.0712. The average Bonchev–Trinajstić information content (AvgIpc) is 2.80. The number of amides is 1. The lowest BCUT2D eigenvalue weighted by Crippen LogP contribution is -2.33. The number of anilines is 2. The molecule has 0 atom stereocenters. The number of carbonyl (C=O) groups is 1. The van der Waals surface area contributed by atoms with Gasteiger partial charge in [0.05, 0.1) is 6.61 Å². The molecular formula is C12H22N4O2S. The van der Waals surface area contributed by atoms with Gasteiger partial charge in [-0.2, -0.15) is 0 Å². The zero-order chi connectivity index (χ0) is 14.4. The van der Waals surface area contributed by atoms with Crippen LogP contribution in [0.25, 0.3) is 0 Å². The quantitative estimate of drug-likeness (QED) is 0.818. The molecule has 0 radical (unpaired) electrons. The second-order valence-electron chi connectivity index (χ2n) is 4.10. The number of nitrogens with zero attached hydrogens (tertiary/aromatic N) is 3. The molecule has 108 valence electrons. The fraction of sp³-hybridized carbons (Fsp3) is 0.667. The van der Waals surface area contributed by atoms with Crippen molar-refractivity contribution >= 4 is 28.2 Å². The van der Waals surface area contributed by atoms with E-state index in [2.05, 4.69) is 4.98 Å². The maximum Gasteiger partial charge on any atom is 0.267 e. The number of likely N-dealkylation sites (N-methyl/N-ethyl adjacent to an activating group) is 1. The summed E-state index contributed by atoms with van der Waals surface area (Å²) in [7, 11) is 3.54. The van der Waals surface area contributed by atoms with E-state index in [1.807, 2.05) is 25.8 Å². The van der Waals surface area contributed by atoms with Crippen LogP contribution in [0.3, 0.4) is 0 Å². The highest BCUT2D eigenvalue weighted by Gasteiger charge is 2.21. The summed E-state index contributed by atoms with van der Waals surface area (Å²) in [6.07, 6.45) is 0. The molecule has 1 rings (SSSR count). The van der Waals surface area contributed by atoms with Crippen molar-refractivity contribution in [3.8, 4) is 0 Å². The third kappa shape index (κ3) is 3.81. The van der Waals surface area contributed by atoms with Gasteiger partial charge in [0.1, 0.15) is 10.7 Å². The Kier molecular flexibility index (Phi) is 6.04. The molecule has 19 heavy (non-hydrogen) atoms. The Morgan fingerprint density at radius 2 is 2.11 bits per heavy atom. The molecule has 2 N–H and O–H groups in total. The monoisotopic (exact) mass is 286 g/mol. The molecule has 0 aliphatic carbocycles. The Hall–Kier alpha value is -1.34. The number of hydrogen-bond acceptors (Lipinski definition) is 6. The smallest absolute Gasteiger partial charge is 0.267 e. The van der Waals surface area contributed by atoms with E-state index in [9.17, 15) is 4.79 Å². The van der Waals surface area contributed by atoms with E-state index in [-0.39, 0.29) is 5.91 Å². The Morgan fingerprint density at radius 3 is 2.63 bits per heavy atom. The van der Waals surface area contributed by atoms with Crippen molar-refractivity contribution in [3.63, 3.8) is 0 Å².